The van der Waals surface area contributed by atoms with Gasteiger partial charge in [0.1, 0.15) is 18.1 Å². The summed E-state index contributed by atoms with van der Waals surface area (Å²) in [6.45, 7) is 1.66. The summed E-state index contributed by atoms with van der Waals surface area (Å²) in [6.07, 6.45) is 3.27. The smallest absolute Gasteiger partial charge is 0.254 e. The summed E-state index contributed by atoms with van der Waals surface area (Å²) in [7, 11) is 1.56. The number of fused-ring (bicyclic) bond motifs is 1. The van der Waals surface area contributed by atoms with Crippen molar-refractivity contribution in [1.82, 2.24) is 9.80 Å². The first-order valence-electron chi connectivity index (χ1n) is 12.3. The van der Waals surface area contributed by atoms with Gasteiger partial charge in [-0.3, -0.25) is 9.59 Å². The highest BCUT2D eigenvalue weighted by Crippen LogP contribution is 2.33. The topological polar surface area (TPSA) is 90.7 Å². The van der Waals surface area contributed by atoms with Crippen molar-refractivity contribution in [3.05, 3.63) is 77.7 Å². The summed E-state index contributed by atoms with van der Waals surface area (Å²) < 4.78 is 27.5. The van der Waals surface area contributed by atoms with Crippen LogP contribution in [0.4, 0.5) is 0 Å². The maximum Gasteiger partial charge on any atom is 0.254 e. The SMILES string of the molecule is COc1cccc(C(=O)N(CC(=O)N(Cc2ccc3c(c2)OCO3)Cc2ccco2)CC2CCCO2)c1. The van der Waals surface area contributed by atoms with Crippen molar-refractivity contribution in [2.75, 3.05) is 33.6 Å². The Morgan fingerprint density at radius 2 is 1.89 bits per heavy atom. The zero-order valence-electron chi connectivity index (χ0n) is 20.8. The van der Waals surface area contributed by atoms with Gasteiger partial charge in [0.2, 0.25) is 12.7 Å². The molecule has 1 saturated heterocycles. The molecule has 194 valence electrons. The van der Waals surface area contributed by atoms with Gasteiger partial charge in [-0.25, -0.2) is 0 Å². The van der Waals surface area contributed by atoms with Gasteiger partial charge >= 0.3 is 0 Å². The number of carbonyl (C=O) groups excluding carboxylic acids is 2. The fourth-order valence-corrected chi connectivity index (χ4v) is 4.54. The number of amides is 2. The molecule has 3 aromatic rings. The fourth-order valence-electron chi connectivity index (χ4n) is 4.54. The minimum atomic E-state index is -0.247. The van der Waals surface area contributed by atoms with E-state index in [9.17, 15) is 9.59 Å². The molecular formula is C28H30N2O7. The van der Waals surface area contributed by atoms with Crippen molar-refractivity contribution < 1.29 is 33.0 Å². The Morgan fingerprint density at radius 3 is 2.68 bits per heavy atom. The van der Waals surface area contributed by atoms with Crippen molar-refractivity contribution in [2.45, 2.75) is 32.0 Å². The van der Waals surface area contributed by atoms with Crippen LogP contribution in [0.5, 0.6) is 17.2 Å². The Morgan fingerprint density at radius 1 is 1.00 bits per heavy atom. The lowest BCUT2D eigenvalue weighted by Gasteiger charge is -2.29. The van der Waals surface area contributed by atoms with Gasteiger partial charge in [-0.1, -0.05) is 12.1 Å². The quantitative estimate of drug-likeness (QED) is 0.412. The van der Waals surface area contributed by atoms with E-state index in [1.54, 1.807) is 53.5 Å². The van der Waals surface area contributed by atoms with Crippen molar-refractivity contribution in [3.63, 3.8) is 0 Å². The number of nitrogens with zero attached hydrogens (tertiary/aromatic N) is 2. The standard InChI is InChI=1S/C28H30N2O7/c1-33-22-6-2-5-21(14-22)28(32)30(17-24-8-4-12-35-24)18-27(31)29(16-23-7-3-11-34-23)15-20-9-10-25-26(13-20)37-19-36-25/h2-3,5-7,9-11,13-14,24H,4,8,12,15-19H2,1H3. The van der Waals surface area contributed by atoms with Crippen LogP contribution >= 0.6 is 0 Å². The number of carbonyl (C=O) groups is 2. The maximum atomic E-state index is 13.7. The Hall–Kier alpha value is -3.98. The van der Waals surface area contributed by atoms with Crippen LogP contribution in [0.2, 0.25) is 0 Å². The summed E-state index contributed by atoms with van der Waals surface area (Å²) >= 11 is 0. The maximum absolute atomic E-state index is 13.7. The molecule has 37 heavy (non-hydrogen) atoms. The second-order valence-electron chi connectivity index (χ2n) is 9.07. The molecule has 3 heterocycles. The van der Waals surface area contributed by atoms with Crippen LogP contribution in [-0.2, 0) is 22.6 Å². The highest BCUT2D eigenvalue weighted by Gasteiger charge is 2.28. The minimum absolute atomic E-state index is 0.0961. The van der Waals surface area contributed by atoms with Crippen LogP contribution < -0.4 is 14.2 Å². The van der Waals surface area contributed by atoms with Crippen molar-refractivity contribution in [3.8, 4) is 17.2 Å². The summed E-state index contributed by atoms with van der Waals surface area (Å²) in [5, 5.41) is 0. The lowest BCUT2D eigenvalue weighted by atomic mass is 10.1. The molecule has 2 amide bonds. The molecule has 5 rings (SSSR count). The molecule has 0 N–H and O–H groups in total. The first-order valence-corrected chi connectivity index (χ1v) is 12.3. The summed E-state index contributed by atoms with van der Waals surface area (Å²) in [6, 6.07) is 16.2. The Balaban J connectivity index is 1.37. The molecule has 2 aliphatic rings. The average Bonchev–Trinajstić information content (AvgIpc) is 3.71. The van der Waals surface area contributed by atoms with Crippen molar-refractivity contribution >= 4 is 11.8 Å². The van der Waals surface area contributed by atoms with Gasteiger partial charge in [-0.2, -0.15) is 0 Å². The molecule has 0 spiro atoms. The lowest BCUT2D eigenvalue weighted by molar-refractivity contribution is -0.133. The van der Waals surface area contributed by atoms with E-state index in [2.05, 4.69) is 0 Å². The van der Waals surface area contributed by atoms with Gasteiger partial charge in [0.15, 0.2) is 11.5 Å². The van der Waals surface area contributed by atoms with Crippen LogP contribution in [0.15, 0.2) is 65.3 Å². The molecule has 2 aromatic carbocycles. The van der Waals surface area contributed by atoms with E-state index in [1.165, 1.54) is 0 Å². The monoisotopic (exact) mass is 506 g/mol. The molecule has 1 unspecified atom stereocenters. The van der Waals surface area contributed by atoms with E-state index in [0.29, 0.717) is 48.3 Å². The number of hydrogen-bond acceptors (Lipinski definition) is 7. The van der Waals surface area contributed by atoms with E-state index in [1.807, 2.05) is 24.3 Å². The van der Waals surface area contributed by atoms with Crippen LogP contribution in [0.3, 0.4) is 0 Å². The van der Waals surface area contributed by atoms with Crippen LogP contribution in [-0.4, -0.2) is 61.3 Å². The molecule has 0 aliphatic carbocycles. The molecule has 1 fully saturated rings. The van der Waals surface area contributed by atoms with E-state index >= 15 is 0 Å². The highest BCUT2D eigenvalue weighted by atomic mass is 16.7. The van der Waals surface area contributed by atoms with E-state index < -0.39 is 0 Å². The molecule has 0 saturated carbocycles. The molecule has 9 heteroatoms. The first-order chi connectivity index (χ1) is 18.1. The molecule has 2 aliphatic heterocycles. The molecule has 9 nitrogen and oxygen atoms in total. The number of ether oxygens (including phenoxy) is 4. The van der Waals surface area contributed by atoms with E-state index in [-0.39, 0.29) is 37.8 Å². The van der Waals surface area contributed by atoms with Gasteiger partial charge in [-0.05, 0) is 60.9 Å². The molecule has 0 bridgehead atoms. The number of benzene rings is 2. The first kappa shape index (κ1) is 24.7. The van der Waals surface area contributed by atoms with Crippen LogP contribution in [0.1, 0.15) is 34.5 Å². The van der Waals surface area contributed by atoms with Gasteiger partial charge in [0, 0.05) is 25.3 Å². The third-order valence-corrected chi connectivity index (χ3v) is 6.47. The predicted molar refractivity (Wildman–Crippen MR) is 133 cm³/mol. The molecule has 1 atom stereocenters. The number of methoxy groups -OCH3 is 1. The van der Waals surface area contributed by atoms with Crippen molar-refractivity contribution in [2.24, 2.45) is 0 Å². The largest absolute Gasteiger partial charge is 0.497 e. The zero-order valence-corrected chi connectivity index (χ0v) is 20.8. The Labute approximate surface area is 215 Å². The molecule has 1 aromatic heterocycles. The fraction of sp³-hybridized carbons (Fsp3) is 0.357. The van der Waals surface area contributed by atoms with Crippen LogP contribution in [0, 0.1) is 0 Å². The lowest BCUT2D eigenvalue weighted by Crippen LogP contribution is -2.45. The van der Waals surface area contributed by atoms with Gasteiger partial charge in [-0.15, -0.1) is 0 Å². The normalized spacial score (nSPS) is 16.0. The van der Waals surface area contributed by atoms with E-state index in [4.69, 9.17) is 23.4 Å². The minimum Gasteiger partial charge on any atom is -0.497 e. The second-order valence-corrected chi connectivity index (χ2v) is 9.07. The Kier molecular flexibility index (Phi) is 7.60. The van der Waals surface area contributed by atoms with Gasteiger partial charge in [0.05, 0.1) is 26.0 Å². The van der Waals surface area contributed by atoms with Crippen molar-refractivity contribution in [1.29, 1.82) is 0 Å². The predicted octanol–water partition coefficient (Wildman–Crippen LogP) is 3.87. The van der Waals surface area contributed by atoms with Gasteiger partial charge in [0.25, 0.3) is 5.91 Å². The second kappa shape index (κ2) is 11.4. The molecule has 0 radical (unpaired) electrons. The highest BCUT2D eigenvalue weighted by molar-refractivity contribution is 5.97. The van der Waals surface area contributed by atoms with E-state index in [0.717, 1.165) is 18.4 Å². The van der Waals surface area contributed by atoms with Crippen LogP contribution in [0.25, 0.3) is 0 Å². The summed E-state index contributed by atoms with van der Waals surface area (Å²) in [5.41, 5.74) is 1.34. The molecular weight excluding hydrogens is 476 g/mol. The Bertz CT molecular complexity index is 1220. The third-order valence-electron chi connectivity index (χ3n) is 6.47. The number of hydrogen-bond donors (Lipinski definition) is 0. The zero-order chi connectivity index (χ0) is 25.6. The number of furan rings is 1. The van der Waals surface area contributed by atoms with Gasteiger partial charge < -0.3 is 33.2 Å². The summed E-state index contributed by atoms with van der Waals surface area (Å²) in [5.74, 6) is 2.11. The average molecular weight is 507 g/mol. The number of rotatable bonds is 10. The third kappa shape index (κ3) is 6.06. The summed E-state index contributed by atoms with van der Waals surface area (Å²) in [4.78, 5) is 30.5.